The molecular formula is C31H31N3O2S. The van der Waals surface area contributed by atoms with Gasteiger partial charge in [-0.05, 0) is 74.6 Å². The molecule has 37 heavy (non-hydrogen) atoms. The molecule has 0 saturated heterocycles. The van der Waals surface area contributed by atoms with Gasteiger partial charge in [0.05, 0.1) is 16.9 Å². The Balaban J connectivity index is 1.49. The highest BCUT2D eigenvalue weighted by Crippen LogP contribution is 2.48. The highest BCUT2D eigenvalue weighted by Gasteiger charge is 2.30. The zero-order valence-electron chi connectivity index (χ0n) is 21.3. The summed E-state index contributed by atoms with van der Waals surface area (Å²) in [4.78, 5) is 18.2. The van der Waals surface area contributed by atoms with E-state index in [0.29, 0.717) is 11.5 Å². The van der Waals surface area contributed by atoms with Crippen molar-refractivity contribution in [3.8, 4) is 22.5 Å². The number of nitrogens with one attached hydrogen (secondary N) is 2. The first kappa shape index (κ1) is 22.7. The Morgan fingerprint density at radius 1 is 1.00 bits per heavy atom. The van der Waals surface area contributed by atoms with Crippen molar-refractivity contribution >= 4 is 44.8 Å². The van der Waals surface area contributed by atoms with Gasteiger partial charge < -0.3 is 20.0 Å². The van der Waals surface area contributed by atoms with Crippen molar-refractivity contribution in [2.24, 2.45) is 0 Å². The van der Waals surface area contributed by atoms with Crippen LogP contribution in [0, 0.1) is 13.8 Å². The number of aromatic nitrogens is 2. The van der Waals surface area contributed by atoms with Gasteiger partial charge in [0.15, 0.2) is 0 Å². The SMILES string of the molecule is Cc1cc(-c2cc3c4c(ccc3[nH]2)-c2c(C3CCCCC3)c3ccc(C(=O)O)cc3n2CCN4)c(C)s1. The zero-order valence-corrected chi connectivity index (χ0v) is 22.1. The number of fused-ring (bicyclic) bond motifs is 7. The van der Waals surface area contributed by atoms with Gasteiger partial charge >= 0.3 is 5.97 Å². The molecule has 6 heteroatoms. The van der Waals surface area contributed by atoms with Crippen LogP contribution in [0.5, 0.6) is 0 Å². The summed E-state index contributed by atoms with van der Waals surface area (Å²) in [5, 5.41) is 15.9. The Labute approximate surface area is 220 Å². The number of carbonyl (C=O) groups is 1. The Kier molecular flexibility index (Phi) is 5.22. The molecule has 4 heterocycles. The predicted octanol–water partition coefficient (Wildman–Crippen LogP) is 8.31. The van der Waals surface area contributed by atoms with Crippen LogP contribution >= 0.6 is 11.3 Å². The molecule has 2 aromatic carbocycles. The van der Waals surface area contributed by atoms with E-state index < -0.39 is 5.97 Å². The number of carboxylic acid groups (broad SMARTS) is 1. The van der Waals surface area contributed by atoms with Crippen LogP contribution in [0.4, 0.5) is 5.69 Å². The molecular weight excluding hydrogens is 478 g/mol. The van der Waals surface area contributed by atoms with Gasteiger partial charge in [0.1, 0.15) is 0 Å². The van der Waals surface area contributed by atoms with Crippen LogP contribution in [-0.2, 0) is 6.54 Å². The standard InChI is InChI=1S/C31H31N3O2S/c1-17-14-23(18(2)37-17)26-16-24-25(33-26)11-10-22-29(24)32-12-13-34-27-15-20(31(35)36)8-9-21(27)28(30(22)34)19-6-4-3-5-7-19/h8-11,14-16,19,32-33H,3-7,12-13H2,1-2H3,(H,35,36). The topological polar surface area (TPSA) is 70.0 Å². The second-order valence-electron chi connectivity index (χ2n) is 10.7. The Hall–Kier alpha value is -3.51. The van der Waals surface area contributed by atoms with Crippen LogP contribution in [0.3, 0.4) is 0 Å². The summed E-state index contributed by atoms with van der Waals surface area (Å²) in [6, 6.07) is 14.8. The highest BCUT2D eigenvalue weighted by molar-refractivity contribution is 7.12. The Morgan fingerprint density at radius 2 is 1.84 bits per heavy atom. The maximum atomic E-state index is 11.9. The van der Waals surface area contributed by atoms with E-state index in [1.807, 2.05) is 17.4 Å². The van der Waals surface area contributed by atoms with E-state index >= 15 is 0 Å². The molecule has 5 aromatic rings. The molecule has 1 aliphatic heterocycles. The fraction of sp³-hybridized carbons (Fsp3) is 0.323. The number of aryl methyl sites for hydroxylation is 2. The molecule has 7 rings (SSSR count). The smallest absolute Gasteiger partial charge is 0.335 e. The van der Waals surface area contributed by atoms with Gasteiger partial charge in [0.2, 0.25) is 0 Å². The molecule has 0 bridgehead atoms. The van der Waals surface area contributed by atoms with Crippen molar-refractivity contribution in [2.45, 2.75) is 58.4 Å². The van der Waals surface area contributed by atoms with Crippen LogP contribution in [-0.4, -0.2) is 27.2 Å². The van der Waals surface area contributed by atoms with E-state index in [1.165, 1.54) is 80.7 Å². The molecule has 3 N–H and O–H groups in total. The van der Waals surface area contributed by atoms with Crippen molar-refractivity contribution in [3.05, 3.63) is 63.3 Å². The number of carboxylic acids is 1. The normalized spacial score (nSPS) is 15.9. The highest BCUT2D eigenvalue weighted by atomic mass is 32.1. The van der Waals surface area contributed by atoms with E-state index in [2.05, 4.69) is 59.0 Å². The number of benzene rings is 2. The summed E-state index contributed by atoms with van der Waals surface area (Å²) >= 11 is 1.84. The van der Waals surface area contributed by atoms with Crippen molar-refractivity contribution in [1.29, 1.82) is 0 Å². The Morgan fingerprint density at radius 3 is 2.59 bits per heavy atom. The molecule has 1 aliphatic carbocycles. The second-order valence-corrected chi connectivity index (χ2v) is 12.1. The minimum atomic E-state index is -0.871. The Bertz CT molecular complexity index is 1700. The van der Waals surface area contributed by atoms with E-state index in [4.69, 9.17) is 0 Å². The van der Waals surface area contributed by atoms with Gasteiger partial charge in [-0.25, -0.2) is 4.79 Å². The lowest BCUT2D eigenvalue weighted by molar-refractivity contribution is 0.0697. The number of thiophene rings is 1. The lowest BCUT2D eigenvalue weighted by atomic mass is 9.81. The average Bonchev–Trinajstić information content (AvgIpc) is 3.53. The van der Waals surface area contributed by atoms with Crippen molar-refractivity contribution in [3.63, 3.8) is 0 Å². The van der Waals surface area contributed by atoms with Crippen LogP contribution in [0.1, 0.15) is 63.7 Å². The van der Waals surface area contributed by atoms with Gasteiger partial charge in [-0.15, -0.1) is 11.3 Å². The number of anilines is 1. The number of hydrogen-bond acceptors (Lipinski definition) is 3. The minimum absolute atomic E-state index is 0.354. The summed E-state index contributed by atoms with van der Waals surface area (Å²) in [5.74, 6) is -0.368. The lowest BCUT2D eigenvalue weighted by Crippen LogP contribution is -2.08. The minimum Gasteiger partial charge on any atom is -0.478 e. The predicted molar refractivity (Wildman–Crippen MR) is 153 cm³/mol. The maximum absolute atomic E-state index is 11.9. The number of rotatable bonds is 3. The van der Waals surface area contributed by atoms with E-state index in [0.717, 1.165) is 29.8 Å². The van der Waals surface area contributed by atoms with Crippen LogP contribution in [0.15, 0.2) is 42.5 Å². The van der Waals surface area contributed by atoms with Gasteiger partial charge in [0.25, 0.3) is 0 Å². The molecule has 0 atom stereocenters. The molecule has 2 aliphatic rings. The molecule has 0 spiro atoms. The monoisotopic (exact) mass is 509 g/mol. The maximum Gasteiger partial charge on any atom is 0.335 e. The zero-order chi connectivity index (χ0) is 25.3. The van der Waals surface area contributed by atoms with E-state index in [-0.39, 0.29) is 0 Å². The quantitative estimate of drug-likeness (QED) is 0.229. The van der Waals surface area contributed by atoms with Gasteiger partial charge in [-0.3, -0.25) is 0 Å². The lowest BCUT2D eigenvalue weighted by Gasteiger charge is -2.24. The van der Waals surface area contributed by atoms with Crippen LogP contribution in [0.25, 0.3) is 44.3 Å². The number of H-pyrrole nitrogens is 1. The van der Waals surface area contributed by atoms with Crippen molar-refractivity contribution in [2.75, 3.05) is 11.9 Å². The first-order valence-electron chi connectivity index (χ1n) is 13.4. The number of hydrogen-bond donors (Lipinski definition) is 3. The van der Waals surface area contributed by atoms with Gasteiger partial charge in [0, 0.05) is 61.5 Å². The molecule has 3 aromatic heterocycles. The van der Waals surface area contributed by atoms with E-state index in [1.54, 1.807) is 6.07 Å². The van der Waals surface area contributed by atoms with Crippen molar-refractivity contribution < 1.29 is 9.90 Å². The van der Waals surface area contributed by atoms with Gasteiger partial charge in [-0.2, -0.15) is 0 Å². The first-order chi connectivity index (χ1) is 18.0. The van der Waals surface area contributed by atoms with Crippen LogP contribution < -0.4 is 5.32 Å². The second kappa shape index (κ2) is 8.52. The summed E-state index contributed by atoms with van der Waals surface area (Å²) < 4.78 is 2.39. The molecule has 0 amide bonds. The summed E-state index contributed by atoms with van der Waals surface area (Å²) in [5.41, 5.74) is 10.1. The van der Waals surface area contributed by atoms with Crippen molar-refractivity contribution in [1.82, 2.24) is 9.55 Å². The third kappa shape index (κ3) is 3.53. The summed E-state index contributed by atoms with van der Waals surface area (Å²) in [6.07, 6.45) is 6.22. The molecule has 5 nitrogen and oxygen atoms in total. The fourth-order valence-corrected chi connectivity index (χ4v) is 7.70. The largest absolute Gasteiger partial charge is 0.478 e. The van der Waals surface area contributed by atoms with Gasteiger partial charge in [-0.1, -0.05) is 25.3 Å². The number of nitrogens with zero attached hydrogens (tertiary/aromatic N) is 1. The average molecular weight is 510 g/mol. The number of aromatic amines is 1. The molecule has 0 radical (unpaired) electrons. The fourth-order valence-electron chi connectivity index (χ4n) is 6.76. The number of aromatic carboxylic acids is 1. The summed E-state index contributed by atoms with van der Waals surface area (Å²) in [7, 11) is 0. The van der Waals surface area contributed by atoms with E-state index in [9.17, 15) is 9.90 Å². The first-order valence-corrected chi connectivity index (χ1v) is 14.2. The molecule has 0 unspecified atom stereocenters. The van der Waals surface area contributed by atoms with Crippen LogP contribution in [0.2, 0.25) is 0 Å². The molecule has 1 fully saturated rings. The summed E-state index contributed by atoms with van der Waals surface area (Å²) in [6.45, 7) is 5.95. The molecule has 188 valence electrons. The third-order valence-corrected chi connectivity index (χ3v) is 9.36. The third-order valence-electron chi connectivity index (χ3n) is 8.39. The molecule has 1 saturated carbocycles.